The van der Waals surface area contributed by atoms with Crippen molar-refractivity contribution in [2.75, 3.05) is 26.2 Å². The van der Waals surface area contributed by atoms with Crippen molar-refractivity contribution in [3.8, 4) is 23.3 Å². The fraction of sp³-hybridized carbons (Fsp3) is 0.369. The molecular weight excluding hydrogens is 1030 g/mol. The second-order valence-corrected chi connectivity index (χ2v) is 21.0. The molecule has 14 nitrogen and oxygen atoms in total. The van der Waals surface area contributed by atoms with E-state index in [-0.39, 0.29) is 65.1 Å². The van der Waals surface area contributed by atoms with Crippen LogP contribution in [0.1, 0.15) is 149 Å². The molecule has 2 saturated carbocycles. The van der Waals surface area contributed by atoms with E-state index in [0.717, 1.165) is 62.1 Å². The third-order valence-electron chi connectivity index (χ3n) is 15.3. The number of phenols is 1. The van der Waals surface area contributed by atoms with E-state index in [9.17, 15) is 28.0 Å². The molecule has 0 spiro atoms. The maximum atomic E-state index is 13.1. The van der Waals surface area contributed by atoms with Crippen molar-refractivity contribution >= 4 is 29.2 Å². The molecule has 2 aliphatic heterocycles. The van der Waals surface area contributed by atoms with Crippen molar-refractivity contribution in [2.45, 2.75) is 121 Å². The zero-order chi connectivity index (χ0) is 57.1. The Morgan fingerprint density at radius 1 is 0.593 bits per heavy atom. The average Bonchev–Trinajstić information content (AvgIpc) is 3.52. The minimum atomic E-state index is -0.352. The average molecular weight is 1100 g/mol. The molecular formula is C65H71F2N7O7. The molecule has 10 rings (SSSR count). The zero-order valence-corrected chi connectivity index (χ0v) is 45.9. The molecule has 0 radical (unpaired) electrons. The molecule has 16 heteroatoms. The first-order chi connectivity index (χ1) is 39.3. The minimum Gasteiger partial charge on any atom is -0.508 e. The van der Waals surface area contributed by atoms with Crippen molar-refractivity contribution in [3.05, 3.63) is 191 Å². The number of amides is 3. The Morgan fingerprint density at radius 3 is 1.59 bits per heavy atom. The molecule has 3 amide bonds. The summed E-state index contributed by atoms with van der Waals surface area (Å²) >= 11 is 0. The van der Waals surface area contributed by atoms with Gasteiger partial charge < -0.3 is 35.0 Å². The van der Waals surface area contributed by atoms with Gasteiger partial charge >= 0.3 is 0 Å². The maximum absolute atomic E-state index is 13.1. The van der Waals surface area contributed by atoms with Crippen LogP contribution in [0.2, 0.25) is 0 Å². The molecule has 6 aromatic rings. The summed E-state index contributed by atoms with van der Waals surface area (Å²) in [7, 11) is 0. The number of ketones is 1. The molecule has 3 N–H and O–H groups in total. The van der Waals surface area contributed by atoms with Gasteiger partial charge in [-0.3, -0.25) is 29.1 Å². The number of carbonyl (C=O) groups excluding carboxylic acids is 4. The number of aromatic nitrogens is 2. The summed E-state index contributed by atoms with van der Waals surface area (Å²) in [4.78, 5) is 63.6. The Morgan fingerprint density at radius 2 is 1.07 bits per heavy atom. The number of Topliss-reactive ketones (excluding diaryl/α,β-unsaturated/α-hetero) is 1. The third kappa shape index (κ3) is 17.3. The van der Waals surface area contributed by atoms with Gasteiger partial charge in [-0.1, -0.05) is 44.9 Å². The summed E-state index contributed by atoms with van der Waals surface area (Å²) in [5, 5.41) is 23.6. The zero-order valence-electron chi connectivity index (χ0n) is 45.9. The lowest BCUT2D eigenvalue weighted by Gasteiger charge is -2.32. The molecule has 81 heavy (non-hydrogen) atoms. The van der Waals surface area contributed by atoms with Gasteiger partial charge in [0, 0.05) is 75.0 Å². The molecule has 2 saturated heterocycles. The molecule has 4 heterocycles. The molecule has 0 atom stereocenters. The number of halogens is 2. The van der Waals surface area contributed by atoms with E-state index in [1.165, 1.54) is 79.6 Å². The van der Waals surface area contributed by atoms with Crippen LogP contribution in [0.4, 0.5) is 8.78 Å². The number of rotatable bonds is 14. The molecule has 422 valence electrons. The molecule has 4 aromatic carbocycles. The Hall–Kier alpha value is -8.45. The number of ether oxygens (including phenoxy) is 2. The smallest absolute Gasteiger partial charge is 0.270 e. The standard InChI is InChI=1S/C32H36FN3O4.C26H30FN3O2.C7H5NO/c1-2-22-3-10-26(11-4-22)39-28-14-8-25(9-15-28)35-31(37)30-16-5-23(21-34-30)32(38)36-19-17-29(18-20-36)40-27-12-6-24(33)7-13-27;1-18(29-23-5-3-2-4-6-23)24-12-9-21(17-28-24)26(32)30-15-13-20(14-16-30)25(31)19-7-10-22(27)11-8-19;8-5-6-1-3-7(9)4-2-6/h3-7,10-13,16,21,25,28-29H,2,8-9,14-15,17-20H2,1H3,(H,35,37);7-12,17,20,23,29H,1-6,13-16H2;1-4,9H. The SMILES string of the molecule is C=C(NC1CCCCC1)c1ccc(C(=O)N2CCC(C(=O)c3ccc(F)cc3)CC2)cn1.CCc1ccc(OC2CCC(NC(=O)c3ccc(C(=O)N4CCC(Oc5ccc(F)cc5)CC4)cn3)CC2)cc1.N#Cc1ccc(O)cc1. The Kier molecular flexibility index (Phi) is 21.1. The second kappa shape index (κ2) is 29.1. The number of aryl methyl sites for hydroxylation is 1. The van der Waals surface area contributed by atoms with E-state index in [1.807, 2.05) is 24.3 Å². The van der Waals surface area contributed by atoms with Gasteiger partial charge in [-0.15, -0.1) is 0 Å². The lowest BCUT2D eigenvalue weighted by atomic mass is 9.88. The first-order valence-corrected chi connectivity index (χ1v) is 28.2. The van der Waals surface area contributed by atoms with Crippen molar-refractivity contribution in [3.63, 3.8) is 0 Å². The predicted molar refractivity (Wildman–Crippen MR) is 306 cm³/mol. The van der Waals surface area contributed by atoms with Crippen LogP contribution in [0, 0.1) is 28.9 Å². The van der Waals surface area contributed by atoms with Gasteiger partial charge in [-0.25, -0.2) is 8.78 Å². The van der Waals surface area contributed by atoms with Crippen molar-refractivity contribution < 1.29 is 42.5 Å². The lowest BCUT2D eigenvalue weighted by molar-refractivity contribution is 0.0594. The third-order valence-corrected chi connectivity index (χ3v) is 15.3. The summed E-state index contributed by atoms with van der Waals surface area (Å²) in [6.07, 6.45) is 16.4. The second-order valence-electron chi connectivity index (χ2n) is 21.0. The van der Waals surface area contributed by atoms with Crippen LogP contribution >= 0.6 is 0 Å². The highest BCUT2D eigenvalue weighted by Crippen LogP contribution is 2.27. The molecule has 0 bridgehead atoms. The molecule has 2 aliphatic carbocycles. The van der Waals surface area contributed by atoms with Gasteiger partial charge in [0.2, 0.25) is 0 Å². The molecule has 4 aliphatic rings. The quantitative estimate of drug-likeness (QED) is 0.0881. The summed E-state index contributed by atoms with van der Waals surface area (Å²) in [5.41, 5.74) is 5.25. The number of hydrogen-bond acceptors (Lipinski definition) is 11. The Balaban J connectivity index is 0.000000187. The van der Waals surface area contributed by atoms with Crippen LogP contribution in [-0.4, -0.2) is 98.8 Å². The van der Waals surface area contributed by atoms with Crippen LogP contribution in [0.25, 0.3) is 5.70 Å². The number of piperidine rings is 2. The van der Waals surface area contributed by atoms with Crippen LogP contribution in [0.3, 0.4) is 0 Å². The maximum Gasteiger partial charge on any atom is 0.270 e. The topological polar surface area (TPSA) is 187 Å². The van der Waals surface area contributed by atoms with Gasteiger partial charge in [0.25, 0.3) is 17.7 Å². The number of likely N-dealkylation sites (tertiary alicyclic amines) is 2. The Labute approximate surface area is 473 Å². The van der Waals surface area contributed by atoms with Crippen molar-refractivity contribution in [1.82, 2.24) is 30.4 Å². The number of hydrogen-bond donors (Lipinski definition) is 3. The molecule has 2 aromatic heterocycles. The monoisotopic (exact) mass is 1100 g/mol. The predicted octanol–water partition coefficient (Wildman–Crippen LogP) is 11.7. The number of nitriles is 1. The summed E-state index contributed by atoms with van der Waals surface area (Å²) < 4.78 is 38.3. The summed E-state index contributed by atoms with van der Waals surface area (Å²) in [6.45, 7) is 8.41. The lowest BCUT2D eigenvalue weighted by Crippen LogP contribution is -2.42. The number of pyridine rings is 2. The van der Waals surface area contributed by atoms with Gasteiger partial charge in [0.05, 0.1) is 40.3 Å². The summed E-state index contributed by atoms with van der Waals surface area (Å²) in [5.74, 6) is 0.541. The van der Waals surface area contributed by atoms with E-state index in [4.69, 9.17) is 19.8 Å². The highest BCUT2D eigenvalue weighted by atomic mass is 19.1. The number of nitrogens with one attached hydrogen (secondary N) is 2. The van der Waals surface area contributed by atoms with Crippen molar-refractivity contribution in [1.29, 1.82) is 5.26 Å². The van der Waals surface area contributed by atoms with E-state index < -0.39 is 0 Å². The largest absolute Gasteiger partial charge is 0.508 e. The minimum absolute atomic E-state index is 0.0205. The number of benzene rings is 4. The van der Waals surface area contributed by atoms with Crippen LogP contribution in [-0.2, 0) is 6.42 Å². The number of phenolic OH excluding ortho intramolecular Hbond substituents is 1. The normalized spacial score (nSPS) is 17.6. The van der Waals surface area contributed by atoms with Crippen LogP contribution < -0.4 is 20.1 Å². The fourth-order valence-electron chi connectivity index (χ4n) is 10.5. The van der Waals surface area contributed by atoms with E-state index in [0.29, 0.717) is 91.6 Å². The van der Waals surface area contributed by atoms with E-state index in [2.05, 4.69) is 46.2 Å². The van der Waals surface area contributed by atoms with Gasteiger partial charge in [-0.05, 0) is 173 Å². The first kappa shape index (κ1) is 58.7. The number of aromatic hydroxyl groups is 1. The highest BCUT2D eigenvalue weighted by molar-refractivity contribution is 5.99. The molecule has 0 unspecified atom stereocenters. The van der Waals surface area contributed by atoms with Gasteiger partial charge in [0.1, 0.15) is 40.7 Å². The fourth-order valence-corrected chi connectivity index (χ4v) is 10.5. The number of carbonyl (C=O) groups is 4. The van der Waals surface area contributed by atoms with Crippen LogP contribution in [0.5, 0.6) is 17.2 Å². The van der Waals surface area contributed by atoms with Crippen molar-refractivity contribution in [2.24, 2.45) is 5.92 Å². The first-order valence-electron chi connectivity index (χ1n) is 28.2. The van der Waals surface area contributed by atoms with E-state index in [1.54, 1.807) is 58.5 Å². The summed E-state index contributed by atoms with van der Waals surface area (Å²) in [6, 6.07) is 35.4. The van der Waals surface area contributed by atoms with E-state index >= 15 is 0 Å². The van der Waals surface area contributed by atoms with Gasteiger partial charge in [0.15, 0.2) is 5.78 Å². The van der Waals surface area contributed by atoms with Gasteiger partial charge in [-0.2, -0.15) is 5.26 Å². The number of nitrogens with zero attached hydrogens (tertiary/aromatic N) is 5. The highest BCUT2D eigenvalue weighted by Gasteiger charge is 2.30. The van der Waals surface area contributed by atoms with Crippen LogP contribution in [0.15, 0.2) is 140 Å². The molecule has 4 fully saturated rings. The Bertz CT molecular complexity index is 3050.